The van der Waals surface area contributed by atoms with E-state index in [0.717, 1.165) is 0 Å². The standard InChI is InChI=1S/C20H13Cl3N2O3S/c21-11-4-7-16(26)15(10-11)24-20(29)25-18(27)9-6-12-5-8-17(28-12)13-2-1-3-14(22)19(13)23/h1-10,26H,(H2,24,25,27,29). The highest BCUT2D eigenvalue weighted by atomic mass is 35.5. The molecule has 0 fully saturated rings. The Balaban J connectivity index is 1.62. The second-order valence-corrected chi connectivity index (χ2v) is 7.37. The Kier molecular flexibility index (Phi) is 6.82. The molecule has 0 saturated carbocycles. The zero-order valence-corrected chi connectivity index (χ0v) is 17.7. The van der Waals surface area contributed by atoms with Crippen LogP contribution in [0.5, 0.6) is 5.75 Å². The van der Waals surface area contributed by atoms with Crippen LogP contribution in [0.15, 0.2) is 59.0 Å². The zero-order chi connectivity index (χ0) is 21.0. The molecule has 3 aromatic rings. The Hall–Kier alpha value is -2.51. The van der Waals surface area contributed by atoms with Crippen LogP contribution in [-0.2, 0) is 4.79 Å². The van der Waals surface area contributed by atoms with Crippen LogP contribution in [0.3, 0.4) is 0 Å². The number of furan rings is 1. The van der Waals surface area contributed by atoms with Gasteiger partial charge in [0.25, 0.3) is 0 Å². The van der Waals surface area contributed by atoms with Crippen LogP contribution in [0.1, 0.15) is 5.76 Å². The van der Waals surface area contributed by atoms with Gasteiger partial charge in [0.2, 0.25) is 5.91 Å². The number of rotatable bonds is 4. The lowest BCUT2D eigenvalue weighted by Crippen LogP contribution is -2.32. The fourth-order valence-electron chi connectivity index (χ4n) is 2.35. The van der Waals surface area contributed by atoms with Crippen molar-refractivity contribution in [3.63, 3.8) is 0 Å². The fourth-order valence-corrected chi connectivity index (χ4v) is 3.13. The maximum absolute atomic E-state index is 12.1. The molecule has 0 unspecified atom stereocenters. The van der Waals surface area contributed by atoms with E-state index in [1.54, 1.807) is 30.3 Å². The van der Waals surface area contributed by atoms with Crippen molar-refractivity contribution in [3.8, 4) is 17.1 Å². The molecule has 0 saturated heterocycles. The van der Waals surface area contributed by atoms with E-state index in [4.69, 9.17) is 51.4 Å². The quantitative estimate of drug-likeness (QED) is 0.244. The molecule has 0 aliphatic heterocycles. The van der Waals surface area contributed by atoms with E-state index in [1.807, 2.05) is 0 Å². The third kappa shape index (κ3) is 5.52. The van der Waals surface area contributed by atoms with Crippen molar-refractivity contribution in [2.45, 2.75) is 0 Å². The van der Waals surface area contributed by atoms with Crippen molar-refractivity contribution >= 4 is 69.8 Å². The summed E-state index contributed by atoms with van der Waals surface area (Å²) in [5, 5.41) is 16.1. The smallest absolute Gasteiger partial charge is 0.250 e. The SMILES string of the molecule is O=C(C=Cc1ccc(-c2cccc(Cl)c2Cl)o1)NC(=S)Nc1cc(Cl)ccc1O. The van der Waals surface area contributed by atoms with Crippen LogP contribution in [0, 0.1) is 0 Å². The number of thiocarbonyl (C=S) groups is 1. The molecule has 0 atom stereocenters. The highest BCUT2D eigenvalue weighted by molar-refractivity contribution is 7.80. The molecular formula is C20H13Cl3N2O3S. The topological polar surface area (TPSA) is 74.5 Å². The largest absolute Gasteiger partial charge is 0.506 e. The number of aromatic hydroxyl groups is 1. The number of amides is 1. The summed E-state index contributed by atoms with van der Waals surface area (Å²) in [4.78, 5) is 12.1. The predicted molar refractivity (Wildman–Crippen MR) is 121 cm³/mol. The molecule has 1 aromatic heterocycles. The summed E-state index contributed by atoms with van der Waals surface area (Å²) in [7, 11) is 0. The molecule has 2 aromatic carbocycles. The fraction of sp³-hybridized carbons (Fsp3) is 0. The van der Waals surface area contributed by atoms with E-state index in [1.165, 1.54) is 30.4 Å². The maximum Gasteiger partial charge on any atom is 0.250 e. The molecule has 3 N–H and O–H groups in total. The van der Waals surface area contributed by atoms with E-state index in [9.17, 15) is 9.90 Å². The molecule has 29 heavy (non-hydrogen) atoms. The first-order valence-electron chi connectivity index (χ1n) is 8.16. The minimum Gasteiger partial charge on any atom is -0.506 e. The van der Waals surface area contributed by atoms with Gasteiger partial charge in [-0.05, 0) is 60.8 Å². The average molecular weight is 468 g/mol. The van der Waals surface area contributed by atoms with Gasteiger partial charge in [-0.15, -0.1) is 0 Å². The summed E-state index contributed by atoms with van der Waals surface area (Å²) in [5.74, 6) is 0.427. The van der Waals surface area contributed by atoms with Gasteiger partial charge < -0.3 is 14.8 Å². The number of hydrogen-bond donors (Lipinski definition) is 3. The summed E-state index contributed by atoms with van der Waals surface area (Å²) in [5.41, 5.74) is 0.927. The molecule has 0 bridgehead atoms. The van der Waals surface area contributed by atoms with Crippen molar-refractivity contribution in [3.05, 3.63) is 75.4 Å². The number of hydrogen-bond acceptors (Lipinski definition) is 4. The predicted octanol–water partition coefficient (Wildman–Crippen LogP) is 6.14. The number of phenols is 1. The molecule has 0 spiro atoms. The number of anilines is 1. The van der Waals surface area contributed by atoms with Gasteiger partial charge in [0, 0.05) is 16.7 Å². The van der Waals surface area contributed by atoms with E-state index in [0.29, 0.717) is 32.2 Å². The van der Waals surface area contributed by atoms with Crippen molar-refractivity contribution in [1.82, 2.24) is 5.32 Å². The van der Waals surface area contributed by atoms with Gasteiger partial charge in [-0.25, -0.2) is 0 Å². The van der Waals surface area contributed by atoms with Crippen LogP contribution < -0.4 is 10.6 Å². The van der Waals surface area contributed by atoms with E-state index < -0.39 is 5.91 Å². The molecule has 0 aliphatic rings. The lowest BCUT2D eigenvalue weighted by Gasteiger charge is -2.09. The van der Waals surface area contributed by atoms with Gasteiger partial charge in [0.15, 0.2) is 5.11 Å². The molecule has 5 nitrogen and oxygen atoms in total. The van der Waals surface area contributed by atoms with Crippen LogP contribution in [0.25, 0.3) is 17.4 Å². The van der Waals surface area contributed by atoms with Crippen LogP contribution in [-0.4, -0.2) is 16.1 Å². The first kappa shape index (κ1) is 21.2. The number of benzene rings is 2. The number of phenolic OH excluding ortho intramolecular Hbond substituents is 1. The van der Waals surface area contributed by atoms with Gasteiger partial charge in [-0.1, -0.05) is 40.9 Å². The van der Waals surface area contributed by atoms with Gasteiger partial charge in [0.05, 0.1) is 15.7 Å². The van der Waals surface area contributed by atoms with Gasteiger partial charge >= 0.3 is 0 Å². The molecule has 3 rings (SSSR count). The Morgan fingerprint density at radius 2 is 1.90 bits per heavy atom. The van der Waals surface area contributed by atoms with Crippen molar-refractivity contribution < 1.29 is 14.3 Å². The van der Waals surface area contributed by atoms with Gasteiger partial charge in [-0.3, -0.25) is 10.1 Å². The third-order valence-electron chi connectivity index (χ3n) is 3.69. The highest BCUT2D eigenvalue weighted by Gasteiger charge is 2.11. The normalized spacial score (nSPS) is 10.9. The van der Waals surface area contributed by atoms with E-state index in [2.05, 4.69) is 10.6 Å². The Bertz CT molecular complexity index is 1110. The first-order valence-corrected chi connectivity index (χ1v) is 9.70. The molecule has 148 valence electrons. The minimum atomic E-state index is -0.484. The summed E-state index contributed by atoms with van der Waals surface area (Å²) in [6.07, 6.45) is 2.74. The van der Waals surface area contributed by atoms with Crippen molar-refractivity contribution in [2.75, 3.05) is 5.32 Å². The van der Waals surface area contributed by atoms with Crippen molar-refractivity contribution in [1.29, 1.82) is 0 Å². The van der Waals surface area contributed by atoms with Gasteiger partial charge in [0.1, 0.15) is 17.3 Å². The summed E-state index contributed by atoms with van der Waals surface area (Å²) < 4.78 is 5.68. The van der Waals surface area contributed by atoms with Crippen LogP contribution in [0.2, 0.25) is 15.1 Å². The molecule has 1 amide bonds. The number of carbonyl (C=O) groups is 1. The van der Waals surface area contributed by atoms with E-state index >= 15 is 0 Å². The molecule has 0 radical (unpaired) electrons. The van der Waals surface area contributed by atoms with Crippen LogP contribution >= 0.6 is 47.0 Å². The summed E-state index contributed by atoms with van der Waals surface area (Å²) in [6, 6.07) is 13.1. The maximum atomic E-state index is 12.1. The number of halogens is 3. The Morgan fingerprint density at radius 1 is 1.10 bits per heavy atom. The van der Waals surface area contributed by atoms with Crippen molar-refractivity contribution in [2.24, 2.45) is 0 Å². The van der Waals surface area contributed by atoms with Gasteiger partial charge in [-0.2, -0.15) is 0 Å². The lowest BCUT2D eigenvalue weighted by molar-refractivity contribution is -0.115. The molecule has 1 heterocycles. The van der Waals surface area contributed by atoms with Crippen LogP contribution in [0.4, 0.5) is 5.69 Å². The lowest BCUT2D eigenvalue weighted by atomic mass is 10.2. The molecule has 0 aliphatic carbocycles. The third-order valence-corrected chi connectivity index (χ3v) is 4.94. The second kappa shape index (κ2) is 9.33. The summed E-state index contributed by atoms with van der Waals surface area (Å²) >= 11 is 23.1. The van der Waals surface area contributed by atoms with E-state index in [-0.39, 0.29) is 16.5 Å². The Labute approximate surface area is 186 Å². The Morgan fingerprint density at radius 3 is 2.69 bits per heavy atom. The second-order valence-electron chi connectivity index (χ2n) is 5.74. The average Bonchev–Trinajstić information content (AvgIpc) is 3.14. The highest BCUT2D eigenvalue weighted by Crippen LogP contribution is 2.34. The summed E-state index contributed by atoms with van der Waals surface area (Å²) in [6.45, 7) is 0. The first-order chi connectivity index (χ1) is 13.8. The minimum absolute atomic E-state index is 0.00283. The molecule has 9 heteroatoms. The number of nitrogens with one attached hydrogen (secondary N) is 2. The monoisotopic (exact) mass is 466 g/mol. The number of carbonyl (C=O) groups excluding carboxylic acids is 1. The molecular weight excluding hydrogens is 455 g/mol. The zero-order valence-electron chi connectivity index (χ0n) is 14.6.